The van der Waals surface area contributed by atoms with Crippen LogP contribution in [-0.2, 0) is 10.3 Å². The van der Waals surface area contributed by atoms with Crippen molar-refractivity contribution in [3.8, 4) is 0 Å². The van der Waals surface area contributed by atoms with Gasteiger partial charge in [0.1, 0.15) is 0 Å². The summed E-state index contributed by atoms with van der Waals surface area (Å²) in [5.41, 5.74) is 1.47. The lowest BCUT2D eigenvalue weighted by Gasteiger charge is -2.31. The lowest BCUT2D eigenvalue weighted by molar-refractivity contribution is 0.0818. The van der Waals surface area contributed by atoms with E-state index in [1.807, 2.05) is 30.3 Å². The normalized spacial score (nSPS) is 17.5. The van der Waals surface area contributed by atoms with Crippen molar-refractivity contribution in [2.75, 3.05) is 36.5 Å². The maximum atomic E-state index is 13.6. The number of hydrogen-bond acceptors (Lipinski definition) is 5. The summed E-state index contributed by atoms with van der Waals surface area (Å²) >= 11 is 6.61. The van der Waals surface area contributed by atoms with Crippen LogP contribution in [0.25, 0.3) is 0 Å². The highest BCUT2D eigenvalue weighted by molar-refractivity contribution is 6.35. The number of ether oxygens (including phenoxy) is 1. The lowest BCUT2D eigenvalue weighted by Crippen LogP contribution is -2.46. The van der Waals surface area contributed by atoms with Crippen LogP contribution in [0.5, 0.6) is 0 Å². The van der Waals surface area contributed by atoms with Crippen molar-refractivity contribution in [2.24, 2.45) is 0 Å². The van der Waals surface area contributed by atoms with Crippen LogP contribution in [0.15, 0.2) is 72.8 Å². The van der Waals surface area contributed by atoms with Gasteiger partial charge >= 0.3 is 0 Å². The maximum Gasteiger partial charge on any atom is 0.201 e. The summed E-state index contributed by atoms with van der Waals surface area (Å²) in [7, 11) is 0. The van der Waals surface area contributed by atoms with Gasteiger partial charge in [0.25, 0.3) is 0 Å². The average molecular weight is 433 g/mol. The summed E-state index contributed by atoms with van der Waals surface area (Å²) < 4.78 is 5.42. The number of hydrogen-bond donors (Lipinski definition) is 1. The Morgan fingerprint density at radius 3 is 2.06 bits per heavy atom. The fourth-order valence-corrected chi connectivity index (χ4v) is 4.68. The van der Waals surface area contributed by atoms with Gasteiger partial charge < -0.3 is 15.0 Å². The van der Waals surface area contributed by atoms with Gasteiger partial charge in [0.2, 0.25) is 11.6 Å². The molecule has 1 heterocycles. The number of Topliss-reactive ketones (excluding diaryl/α,β-unsaturated/α-hetero) is 2. The molecule has 3 aromatic rings. The fourth-order valence-electron chi connectivity index (χ4n) is 4.38. The first-order valence-electron chi connectivity index (χ1n) is 10.3. The van der Waals surface area contributed by atoms with Crippen molar-refractivity contribution in [1.29, 1.82) is 0 Å². The number of nitrogens with zero attached hydrogens (tertiary/aromatic N) is 1. The second-order valence-electron chi connectivity index (χ2n) is 7.71. The number of halogens is 1. The first-order valence-corrected chi connectivity index (χ1v) is 10.6. The third-order valence-electron chi connectivity index (χ3n) is 5.94. The molecule has 5 rings (SSSR count). The first-order chi connectivity index (χ1) is 15.1. The highest BCUT2D eigenvalue weighted by atomic mass is 35.5. The van der Waals surface area contributed by atoms with E-state index < -0.39 is 5.54 Å². The zero-order chi connectivity index (χ0) is 21.4. The van der Waals surface area contributed by atoms with Crippen LogP contribution in [0.4, 0.5) is 11.4 Å². The number of morpholine rings is 1. The molecular formula is C25H21ClN2O3. The van der Waals surface area contributed by atoms with E-state index in [2.05, 4.69) is 10.2 Å². The number of ketones is 2. The fraction of sp³-hybridized carbons (Fsp3) is 0.200. The van der Waals surface area contributed by atoms with Gasteiger partial charge in [-0.1, -0.05) is 66.2 Å². The number of rotatable bonds is 4. The summed E-state index contributed by atoms with van der Waals surface area (Å²) in [6, 6.07) is 21.7. The zero-order valence-electron chi connectivity index (χ0n) is 16.8. The lowest BCUT2D eigenvalue weighted by atomic mass is 9.84. The molecule has 1 aliphatic carbocycles. The number of nitrogens with one attached hydrogen (secondary N) is 1. The van der Waals surface area contributed by atoms with Gasteiger partial charge in [0.15, 0.2) is 5.54 Å². The number of benzene rings is 3. The van der Waals surface area contributed by atoms with E-state index in [9.17, 15) is 9.59 Å². The van der Waals surface area contributed by atoms with E-state index in [-0.39, 0.29) is 11.6 Å². The summed E-state index contributed by atoms with van der Waals surface area (Å²) in [6.45, 7) is 2.86. The molecule has 0 amide bonds. The Morgan fingerprint density at radius 1 is 0.839 bits per heavy atom. The Kier molecular flexibility index (Phi) is 5.00. The predicted molar refractivity (Wildman–Crippen MR) is 121 cm³/mol. The molecule has 156 valence electrons. The molecule has 1 fully saturated rings. The van der Waals surface area contributed by atoms with Crippen molar-refractivity contribution in [3.05, 3.63) is 94.5 Å². The third-order valence-corrected chi connectivity index (χ3v) is 6.24. The second kappa shape index (κ2) is 7.84. The average Bonchev–Trinajstić information content (AvgIpc) is 3.03. The minimum atomic E-state index is -1.52. The first kappa shape index (κ1) is 19.8. The van der Waals surface area contributed by atoms with Crippen molar-refractivity contribution < 1.29 is 14.3 Å². The van der Waals surface area contributed by atoms with E-state index in [0.717, 1.165) is 18.8 Å². The van der Waals surface area contributed by atoms with Crippen LogP contribution < -0.4 is 10.2 Å². The number of carbonyl (C=O) groups excluding carboxylic acids is 2. The molecule has 2 aliphatic rings. The highest BCUT2D eigenvalue weighted by Crippen LogP contribution is 2.41. The van der Waals surface area contributed by atoms with Crippen LogP contribution in [-0.4, -0.2) is 37.9 Å². The Morgan fingerprint density at radius 2 is 1.45 bits per heavy atom. The quantitative estimate of drug-likeness (QED) is 0.612. The predicted octanol–water partition coefficient (Wildman–Crippen LogP) is 4.56. The minimum Gasteiger partial charge on any atom is -0.378 e. The van der Waals surface area contributed by atoms with E-state index in [4.69, 9.17) is 16.3 Å². The molecule has 0 atom stereocenters. The Balaban J connectivity index is 1.56. The molecule has 3 aromatic carbocycles. The van der Waals surface area contributed by atoms with E-state index in [1.165, 1.54) is 0 Å². The van der Waals surface area contributed by atoms with Gasteiger partial charge in [0.05, 0.1) is 23.9 Å². The standard InChI is InChI=1S/C25H21ClN2O3/c26-21-16-18(10-11-22(21)28-12-14-31-15-13-28)27-25(17-6-2-1-3-7-17)23(29)19-8-4-5-9-20(19)24(25)30/h1-11,16,27H,12-15H2. The molecule has 5 nitrogen and oxygen atoms in total. The van der Waals surface area contributed by atoms with Gasteiger partial charge in [-0.25, -0.2) is 0 Å². The van der Waals surface area contributed by atoms with Crippen molar-refractivity contribution in [1.82, 2.24) is 0 Å². The molecule has 0 bridgehead atoms. The van der Waals surface area contributed by atoms with Crippen LogP contribution in [0.1, 0.15) is 26.3 Å². The number of fused-ring (bicyclic) bond motifs is 1. The highest BCUT2D eigenvalue weighted by Gasteiger charge is 2.54. The molecule has 1 aliphatic heterocycles. The molecule has 0 aromatic heterocycles. The molecule has 1 saturated heterocycles. The summed E-state index contributed by atoms with van der Waals surface area (Å²) in [6.07, 6.45) is 0. The zero-order valence-corrected chi connectivity index (χ0v) is 17.6. The molecule has 0 spiro atoms. The Bertz CT molecular complexity index is 1120. The molecule has 31 heavy (non-hydrogen) atoms. The number of anilines is 2. The van der Waals surface area contributed by atoms with Gasteiger partial charge in [-0.05, 0) is 23.8 Å². The van der Waals surface area contributed by atoms with Gasteiger partial charge in [0, 0.05) is 29.9 Å². The summed E-state index contributed by atoms with van der Waals surface area (Å²) in [5, 5.41) is 3.82. The van der Waals surface area contributed by atoms with Crippen LogP contribution >= 0.6 is 11.6 Å². The molecule has 0 radical (unpaired) electrons. The maximum absolute atomic E-state index is 13.6. The molecule has 0 saturated carbocycles. The Hall–Kier alpha value is -3.15. The van der Waals surface area contributed by atoms with E-state index >= 15 is 0 Å². The van der Waals surface area contributed by atoms with E-state index in [1.54, 1.807) is 42.5 Å². The smallest absolute Gasteiger partial charge is 0.201 e. The van der Waals surface area contributed by atoms with Crippen LogP contribution in [0, 0.1) is 0 Å². The largest absolute Gasteiger partial charge is 0.378 e. The third kappa shape index (κ3) is 3.21. The topological polar surface area (TPSA) is 58.6 Å². The van der Waals surface area contributed by atoms with Crippen molar-refractivity contribution in [2.45, 2.75) is 5.54 Å². The van der Waals surface area contributed by atoms with Gasteiger partial charge in [-0.3, -0.25) is 9.59 Å². The molecule has 0 unspecified atom stereocenters. The Labute approximate surface area is 185 Å². The van der Waals surface area contributed by atoms with Crippen molar-refractivity contribution in [3.63, 3.8) is 0 Å². The van der Waals surface area contributed by atoms with Crippen LogP contribution in [0.3, 0.4) is 0 Å². The molecular weight excluding hydrogens is 412 g/mol. The van der Waals surface area contributed by atoms with Crippen molar-refractivity contribution >= 4 is 34.5 Å². The minimum absolute atomic E-state index is 0.257. The molecule has 6 heteroatoms. The monoisotopic (exact) mass is 432 g/mol. The summed E-state index contributed by atoms with van der Waals surface area (Å²) in [5.74, 6) is -0.514. The second-order valence-corrected chi connectivity index (χ2v) is 8.12. The van der Waals surface area contributed by atoms with Crippen LogP contribution in [0.2, 0.25) is 5.02 Å². The van der Waals surface area contributed by atoms with Gasteiger partial charge in [-0.2, -0.15) is 0 Å². The number of carbonyl (C=O) groups is 2. The van der Waals surface area contributed by atoms with Gasteiger partial charge in [-0.15, -0.1) is 0 Å². The summed E-state index contributed by atoms with van der Waals surface area (Å²) in [4.78, 5) is 29.4. The molecule has 1 N–H and O–H groups in total. The van der Waals surface area contributed by atoms with E-state index in [0.29, 0.717) is 40.6 Å². The SMILES string of the molecule is O=C1c2ccccc2C(=O)C1(Nc1ccc(N2CCOCC2)c(Cl)c1)c1ccccc1.